The molecule has 7 heteroatoms. The van der Waals surface area contributed by atoms with E-state index in [1.807, 2.05) is 0 Å². The molecule has 0 aromatic heterocycles. The number of nitriles is 3. The Hall–Kier alpha value is -2.82. The van der Waals surface area contributed by atoms with Gasteiger partial charge in [-0.05, 0) is 34.1 Å². The van der Waals surface area contributed by atoms with Gasteiger partial charge in [-0.25, -0.2) is 4.79 Å². The van der Waals surface area contributed by atoms with E-state index >= 15 is 0 Å². The number of hydrogen-bond acceptors (Lipinski definition) is 5. The first-order valence-electron chi connectivity index (χ1n) is 4.78. The van der Waals surface area contributed by atoms with Gasteiger partial charge < -0.3 is 10.4 Å². The predicted molar refractivity (Wildman–Crippen MR) is 68.6 cm³/mol. The van der Waals surface area contributed by atoms with Crippen molar-refractivity contribution >= 4 is 27.6 Å². The highest BCUT2D eigenvalue weighted by Gasteiger charge is 2.10. The summed E-state index contributed by atoms with van der Waals surface area (Å²) in [5, 5.41) is 37.6. The molecule has 0 spiro atoms. The van der Waals surface area contributed by atoms with Crippen LogP contribution in [0.4, 0.5) is 5.69 Å². The van der Waals surface area contributed by atoms with Crippen LogP contribution >= 0.6 is 15.9 Å². The molecule has 92 valence electrons. The van der Waals surface area contributed by atoms with Crippen LogP contribution in [0.1, 0.15) is 10.4 Å². The highest BCUT2D eigenvalue weighted by Crippen LogP contribution is 2.22. The molecular formula is C12H5BrN4O2. The summed E-state index contributed by atoms with van der Waals surface area (Å²) >= 11 is 3.08. The minimum atomic E-state index is -1.09. The van der Waals surface area contributed by atoms with Crippen molar-refractivity contribution in [2.45, 2.75) is 0 Å². The Balaban J connectivity index is 3.16. The lowest BCUT2D eigenvalue weighted by molar-refractivity contribution is 0.0696. The van der Waals surface area contributed by atoms with Crippen molar-refractivity contribution in [1.29, 1.82) is 15.8 Å². The van der Waals surface area contributed by atoms with Gasteiger partial charge in [0, 0.05) is 10.2 Å². The number of allylic oxidation sites excluding steroid dienone is 2. The molecule has 6 nitrogen and oxygen atoms in total. The molecule has 0 bridgehead atoms. The van der Waals surface area contributed by atoms with E-state index in [-0.39, 0.29) is 16.8 Å². The van der Waals surface area contributed by atoms with Gasteiger partial charge >= 0.3 is 5.97 Å². The minimum absolute atomic E-state index is 0.0637. The maximum atomic E-state index is 10.8. The molecule has 0 aliphatic heterocycles. The molecule has 1 aromatic carbocycles. The second kappa shape index (κ2) is 6.20. The number of halogens is 1. The quantitative estimate of drug-likeness (QED) is 0.826. The van der Waals surface area contributed by atoms with Gasteiger partial charge in [0.1, 0.15) is 23.9 Å². The van der Waals surface area contributed by atoms with Gasteiger partial charge in [0.2, 0.25) is 0 Å². The van der Waals surface area contributed by atoms with Gasteiger partial charge in [0.25, 0.3) is 0 Å². The maximum Gasteiger partial charge on any atom is 0.336 e. The highest BCUT2D eigenvalue weighted by atomic mass is 79.9. The summed E-state index contributed by atoms with van der Waals surface area (Å²) in [5.41, 5.74) is -0.0915. The average Bonchev–Trinajstić information content (AvgIpc) is 2.38. The number of carboxylic acid groups (broad SMARTS) is 1. The monoisotopic (exact) mass is 316 g/mol. The summed E-state index contributed by atoms with van der Waals surface area (Å²) in [5.74, 6) is -1.09. The molecule has 0 atom stereocenters. The van der Waals surface area contributed by atoms with Gasteiger partial charge in [-0.15, -0.1) is 0 Å². The molecule has 1 rings (SSSR count). The van der Waals surface area contributed by atoms with E-state index < -0.39 is 5.97 Å². The summed E-state index contributed by atoms with van der Waals surface area (Å²) in [6, 6.07) is 9.09. The van der Waals surface area contributed by atoms with Crippen LogP contribution in [-0.2, 0) is 0 Å². The summed E-state index contributed by atoms with van der Waals surface area (Å²) in [7, 11) is 0. The number of anilines is 1. The van der Waals surface area contributed by atoms with E-state index in [1.165, 1.54) is 18.2 Å². The first kappa shape index (κ1) is 14.2. The van der Waals surface area contributed by atoms with Gasteiger partial charge in [-0.3, -0.25) is 0 Å². The molecule has 1 aromatic rings. The highest BCUT2D eigenvalue weighted by molar-refractivity contribution is 9.10. The molecule has 2 N–H and O–H groups in total. The predicted octanol–water partition coefficient (Wildman–Crippen LogP) is 2.38. The van der Waals surface area contributed by atoms with Crippen LogP contribution in [0.2, 0.25) is 0 Å². The minimum Gasteiger partial charge on any atom is -0.478 e. The topological polar surface area (TPSA) is 121 Å². The first-order chi connectivity index (χ1) is 9.03. The summed E-state index contributed by atoms with van der Waals surface area (Å²) in [6.07, 6.45) is 0. The molecule has 0 amide bonds. The van der Waals surface area contributed by atoms with E-state index in [0.29, 0.717) is 10.2 Å². The Labute approximate surface area is 116 Å². The number of nitrogens with zero attached hydrogens (tertiary/aromatic N) is 3. The van der Waals surface area contributed by atoms with Crippen LogP contribution < -0.4 is 5.32 Å². The zero-order valence-corrected chi connectivity index (χ0v) is 10.9. The number of carboxylic acids is 1. The van der Waals surface area contributed by atoms with E-state index in [1.54, 1.807) is 18.2 Å². The Morgan fingerprint density at radius 3 is 2.26 bits per heavy atom. The van der Waals surface area contributed by atoms with E-state index in [9.17, 15) is 4.79 Å². The van der Waals surface area contributed by atoms with Gasteiger partial charge in [0.15, 0.2) is 5.57 Å². The number of nitrogens with one attached hydrogen (secondary N) is 1. The fourth-order valence-corrected chi connectivity index (χ4v) is 1.74. The lowest BCUT2D eigenvalue weighted by Crippen LogP contribution is -2.02. The Bertz CT molecular complexity index is 673. The molecule has 0 saturated heterocycles. The molecule has 0 fully saturated rings. The third kappa shape index (κ3) is 3.32. The fourth-order valence-electron chi connectivity index (χ4n) is 1.19. The second-order valence-electron chi connectivity index (χ2n) is 3.21. The van der Waals surface area contributed by atoms with Crippen LogP contribution in [0.25, 0.3) is 0 Å². The lowest BCUT2D eigenvalue weighted by atomic mass is 10.2. The molecule has 0 aliphatic carbocycles. The molecular weight excluding hydrogens is 312 g/mol. The van der Waals surface area contributed by atoms with Crippen molar-refractivity contribution in [3.63, 3.8) is 0 Å². The van der Waals surface area contributed by atoms with Crippen molar-refractivity contribution < 1.29 is 9.90 Å². The molecule has 19 heavy (non-hydrogen) atoms. The summed E-state index contributed by atoms with van der Waals surface area (Å²) in [6.45, 7) is 0. The number of rotatable bonds is 3. The SMILES string of the molecule is N#CC(C#N)=C(C#N)Nc1ccc(C(=O)O)c(Br)c1. The Morgan fingerprint density at radius 2 is 1.84 bits per heavy atom. The number of aromatic carboxylic acids is 1. The average molecular weight is 317 g/mol. The molecule has 0 saturated carbocycles. The van der Waals surface area contributed by atoms with Crippen LogP contribution in [-0.4, -0.2) is 11.1 Å². The zero-order chi connectivity index (χ0) is 14.4. The normalized spacial score (nSPS) is 8.53. The van der Waals surface area contributed by atoms with E-state index in [4.69, 9.17) is 20.9 Å². The second-order valence-corrected chi connectivity index (χ2v) is 4.06. The van der Waals surface area contributed by atoms with Crippen molar-refractivity contribution in [3.8, 4) is 18.2 Å². The fraction of sp³-hybridized carbons (Fsp3) is 0. The third-order valence-corrected chi connectivity index (χ3v) is 2.71. The number of benzene rings is 1. The largest absolute Gasteiger partial charge is 0.478 e. The lowest BCUT2D eigenvalue weighted by Gasteiger charge is -2.06. The molecule has 0 radical (unpaired) electrons. The molecule has 0 unspecified atom stereocenters. The van der Waals surface area contributed by atoms with Gasteiger partial charge in [-0.2, -0.15) is 15.8 Å². The van der Waals surface area contributed by atoms with Gasteiger partial charge in [0.05, 0.1) is 5.56 Å². The van der Waals surface area contributed by atoms with E-state index in [0.717, 1.165) is 0 Å². The molecule has 0 aliphatic rings. The molecule has 0 heterocycles. The van der Waals surface area contributed by atoms with Crippen molar-refractivity contribution in [1.82, 2.24) is 0 Å². The van der Waals surface area contributed by atoms with Crippen LogP contribution in [0, 0.1) is 34.0 Å². The Kier molecular flexibility index (Phi) is 4.65. The van der Waals surface area contributed by atoms with Gasteiger partial charge in [-0.1, -0.05) is 0 Å². The van der Waals surface area contributed by atoms with Crippen molar-refractivity contribution in [2.24, 2.45) is 0 Å². The maximum absolute atomic E-state index is 10.8. The van der Waals surface area contributed by atoms with Crippen LogP contribution in [0.3, 0.4) is 0 Å². The smallest absolute Gasteiger partial charge is 0.336 e. The third-order valence-electron chi connectivity index (χ3n) is 2.05. The summed E-state index contributed by atoms with van der Waals surface area (Å²) in [4.78, 5) is 10.8. The summed E-state index contributed by atoms with van der Waals surface area (Å²) < 4.78 is 0.317. The first-order valence-corrected chi connectivity index (χ1v) is 5.57. The number of carbonyl (C=O) groups is 1. The number of hydrogen-bond donors (Lipinski definition) is 2. The van der Waals surface area contributed by atoms with Crippen LogP contribution in [0.15, 0.2) is 33.9 Å². The van der Waals surface area contributed by atoms with Crippen LogP contribution in [0.5, 0.6) is 0 Å². The Morgan fingerprint density at radius 1 is 1.21 bits per heavy atom. The van der Waals surface area contributed by atoms with Crippen molar-refractivity contribution in [2.75, 3.05) is 5.32 Å². The zero-order valence-electron chi connectivity index (χ0n) is 9.31. The van der Waals surface area contributed by atoms with Crippen molar-refractivity contribution in [3.05, 3.63) is 39.5 Å². The van der Waals surface area contributed by atoms with E-state index in [2.05, 4.69) is 21.2 Å². The standard InChI is InChI=1S/C12H5BrN4O2/c13-10-3-8(1-2-9(10)12(18)19)17-11(6-16)7(4-14)5-15/h1-3,17H,(H,18,19).